The van der Waals surface area contributed by atoms with Gasteiger partial charge in [0.15, 0.2) is 6.29 Å². The van der Waals surface area contributed by atoms with Gasteiger partial charge in [-0.3, -0.25) is 4.79 Å². The van der Waals surface area contributed by atoms with Gasteiger partial charge < -0.3 is 9.47 Å². The maximum absolute atomic E-state index is 10.8. The van der Waals surface area contributed by atoms with Crippen LogP contribution in [-0.2, 0) is 4.74 Å². The molecular weight excluding hydrogens is 284 g/mol. The van der Waals surface area contributed by atoms with Crippen LogP contribution in [0.15, 0.2) is 22.7 Å². The summed E-state index contributed by atoms with van der Waals surface area (Å²) in [7, 11) is 0. The van der Waals surface area contributed by atoms with Crippen LogP contribution in [0.25, 0.3) is 0 Å². The molecule has 1 aromatic carbocycles. The Labute approximate surface area is 109 Å². The molecule has 1 heterocycles. The van der Waals surface area contributed by atoms with E-state index in [1.54, 1.807) is 6.07 Å². The Morgan fingerprint density at radius 2 is 2.41 bits per heavy atom. The number of benzene rings is 1. The molecule has 0 amide bonds. The van der Waals surface area contributed by atoms with Gasteiger partial charge in [0.25, 0.3) is 0 Å². The molecule has 2 rings (SSSR count). The highest BCUT2D eigenvalue weighted by Crippen LogP contribution is 2.22. The van der Waals surface area contributed by atoms with Gasteiger partial charge in [-0.1, -0.05) is 15.9 Å². The molecule has 3 nitrogen and oxygen atoms in total. The van der Waals surface area contributed by atoms with Gasteiger partial charge >= 0.3 is 0 Å². The summed E-state index contributed by atoms with van der Waals surface area (Å²) in [6, 6.07) is 5.42. The smallest absolute Gasteiger partial charge is 0.151 e. The fourth-order valence-electron chi connectivity index (χ4n) is 1.88. The highest BCUT2D eigenvalue weighted by molar-refractivity contribution is 9.10. The minimum atomic E-state index is 0.344. The second-order valence-electron chi connectivity index (χ2n) is 4.07. The number of aldehydes is 1. The number of carbonyl (C=O) groups excluding carboxylic acids is 1. The number of rotatable bonds is 5. The first-order chi connectivity index (χ1) is 8.29. The molecule has 0 radical (unpaired) electrons. The monoisotopic (exact) mass is 298 g/mol. The van der Waals surface area contributed by atoms with Crippen molar-refractivity contribution in [3.8, 4) is 5.75 Å². The van der Waals surface area contributed by atoms with E-state index in [1.807, 2.05) is 12.1 Å². The molecule has 0 saturated carbocycles. The van der Waals surface area contributed by atoms with Crippen LogP contribution in [0.2, 0.25) is 0 Å². The quantitative estimate of drug-likeness (QED) is 0.783. The van der Waals surface area contributed by atoms with E-state index < -0.39 is 0 Å². The molecular formula is C13H15BrO3. The molecule has 17 heavy (non-hydrogen) atoms. The van der Waals surface area contributed by atoms with E-state index >= 15 is 0 Å². The summed E-state index contributed by atoms with van der Waals surface area (Å²) in [5.74, 6) is 0.730. The van der Waals surface area contributed by atoms with Gasteiger partial charge in [-0.2, -0.15) is 0 Å². The van der Waals surface area contributed by atoms with Gasteiger partial charge in [-0.05, 0) is 31.0 Å². The minimum absolute atomic E-state index is 0.344. The van der Waals surface area contributed by atoms with Crippen LogP contribution >= 0.6 is 15.9 Å². The number of hydrogen-bond acceptors (Lipinski definition) is 3. The van der Waals surface area contributed by atoms with Crippen molar-refractivity contribution < 1.29 is 14.3 Å². The third-order valence-corrected chi connectivity index (χ3v) is 3.55. The second-order valence-corrected chi connectivity index (χ2v) is 4.93. The summed E-state index contributed by atoms with van der Waals surface area (Å²) in [5.41, 5.74) is 0.611. The third kappa shape index (κ3) is 3.54. The molecule has 0 spiro atoms. The normalized spacial score (nSPS) is 19.2. The van der Waals surface area contributed by atoms with Crippen molar-refractivity contribution in [2.24, 2.45) is 0 Å². The highest BCUT2D eigenvalue weighted by atomic mass is 79.9. The molecule has 0 N–H and O–H groups in total. The van der Waals surface area contributed by atoms with E-state index in [0.29, 0.717) is 18.3 Å². The van der Waals surface area contributed by atoms with E-state index in [1.165, 1.54) is 0 Å². The molecule has 1 aromatic rings. The molecule has 92 valence electrons. The molecule has 0 aromatic heterocycles. The zero-order chi connectivity index (χ0) is 12.1. The molecule has 1 fully saturated rings. The predicted octanol–water partition coefficient (Wildman–Crippen LogP) is 3.21. The first-order valence-corrected chi connectivity index (χ1v) is 6.58. The summed E-state index contributed by atoms with van der Waals surface area (Å²) in [4.78, 5) is 10.8. The van der Waals surface area contributed by atoms with E-state index in [0.717, 1.165) is 42.4 Å². The molecule has 0 bridgehead atoms. The first kappa shape index (κ1) is 12.6. The van der Waals surface area contributed by atoms with E-state index in [4.69, 9.17) is 9.47 Å². The highest BCUT2D eigenvalue weighted by Gasteiger charge is 2.15. The molecule has 0 aliphatic carbocycles. The van der Waals surface area contributed by atoms with Crippen molar-refractivity contribution in [2.45, 2.75) is 25.4 Å². The molecule has 1 unspecified atom stereocenters. The minimum Gasteiger partial charge on any atom is -0.493 e. The Hall–Kier alpha value is -0.870. The molecule has 4 heteroatoms. The topological polar surface area (TPSA) is 35.5 Å². The Balaban J connectivity index is 1.83. The standard InChI is InChI=1S/C13H15BrO3/c14-13-4-3-12(8-10(13)9-15)17-7-5-11-2-1-6-16-11/h3-4,8-9,11H,1-2,5-7H2. The van der Waals surface area contributed by atoms with Crippen molar-refractivity contribution >= 4 is 22.2 Å². The van der Waals surface area contributed by atoms with Crippen LogP contribution in [0, 0.1) is 0 Å². The van der Waals surface area contributed by atoms with Crippen LogP contribution in [0.1, 0.15) is 29.6 Å². The van der Waals surface area contributed by atoms with Crippen molar-refractivity contribution in [1.29, 1.82) is 0 Å². The first-order valence-electron chi connectivity index (χ1n) is 5.79. The van der Waals surface area contributed by atoms with Crippen molar-refractivity contribution in [3.63, 3.8) is 0 Å². The maximum atomic E-state index is 10.8. The Kier molecular flexibility index (Phi) is 4.57. The third-order valence-electron chi connectivity index (χ3n) is 2.83. The van der Waals surface area contributed by atoms with Crippen LogP contribution < -0.4 is 4.74 Å². The number of carbonyl (C=O) groups is 1. The van der Waals surface area contributed by atoms with Crippen LogP contribution in [0.4, 0.5) is 0 Å². The zero-order valence-electron chi connectivity index (χ0n) is 9.52. The predicted molar refractivity (Wildman–Crippen MR) is 68.6 cm³/mol. The maximum Gasteiger partial charge on any atom is 0.151 e. The Morgan fingerprint density at radius 3 is 3.12 bits per heavy atom. The number of ether oxygens (including phenoxy) is 2. The Morgan fingerprint density at radius 1 is 1.53 bits per heavy atom. The van der Waals surface area contributed by atoms with E-state index in [-0.39, 0.29) is 0 Å². The molecule has 1 saturated heterocycles. The lowest BCUT2D eigenvalue weighted by Crippen LogP contribution is -2.10. The van der Waals surface area contributed by atoms with Gasteiger partial charge in [-0.25, -0.2) is 0 Å². The summed E-state index contributed by atoms with van der Waals surface area (Å²) < 4.78 is 11.9. The van der Waals surface area contributed by atoms with Crippen LogP contribution in [0.5, 0.6) is 5.75 Å². The zero-order valence-corrected chi connectivity index (χ0v) is 11.1. The van der Waals surface area contributed by atoms with Gasteiger partial charge in [0, 0.05) is 23.1 Å². The summed E-state index contributed by atoms with van der Waals surface area (Å²) in [6.07, 6.45) is 4.35. The molecule has 1 aliphatic rings. The van der Waals surface area contributed by atoms with Gasteiger partial charge in [-0.15, -0.1) is 0 Å². The van der Waals surface area contributed by atoms with Gasteiger partial charge in [0.05, 0.1) is 12.7 Å². The fourth-order valence-corrected chi connectivity index (χ4v) is 2.22. The Bertz CT molecular complexity index is 386. The van der Waals surface area contributed by atoms with Gasteiger partial charge in [0.2, 0.25) is 0 Å². The summed E-state index contributed by atoms with van der Waals surface area (Å²) in [5, 5.41) is 0. The molecule has 1 atom stereocenters. The number of hydrogen-bond donors (Lipinski definition) is 0. The second kappa shape index (κ2) is 6.17. The summed E-state index contributed by atoms with van der Waals surface area (Å²) >= 11 is 3.31. The lowest BCUT2D eigenvalue weighted by molar-refractivity contribution is 0.0903. The van der Waals surface area contributed by atoms with E-state index in [9.17, 15) is 4.79 Å². The fraction of sp³-hybridized carbons (Fsp3) is 0.462. The van der Waals surface area contributed by atoms with Crippen LogP contribution in [-0.4, -0.2) is 25.6 Å². The summed E-state index contributed by atoms with van der Waals surface area (Å²) in [6.45, 7) is 1.50. The average Bonchev–Trinajstić information content (AvgIpc) is 2.84. The largest absolute Gasteiger partial charge is 0.493 e. The molecule has 1 aliphatic heterocycles. The number of halogens is 1. The van der Waals surface area contributed by atoms with Crippen molar-refractivity contribution in [2.75, 3.05) is 13.2 Å². The average molecular weight is 299 g/mol. The lowest BCUT2D eigenvalue weighted by Gasteiger charge is -2.11. The SMILES string of the molecule is O=Cc1cc(OCCC2CCCO2)ccc1Br. The van der Waals surface area contributed by atoms with E-state index in [2.05, 4.69) is 15.9 Å². The van der Waals surface area contributed by atoms with Crippen molar-refractivity contribution in [3.05, 3.63) is 28.2 Å². The van der Waals surface area contributed by atoms with Crippen molar-refractivity contribution in [1.82, 2.24) is 0 Å². The van der Waals surface area contributed by atoms with Crippen LogP contribution in [0.3, 0.4) is 0 Å². The lowest BCUT2D eigenvalue weighted by atomic mass is 10.2. The van der Waals surface area contributed by atoms with Gasteiger partial charge in [0.1, 0.15) is 5.75 Å².